The van der Waals surface area contributed by atoms with E-state index in [2.05, 4.69) is 16.0 Å². The Balaban J connectivity index is 1.40. The SMILES string of the molecule is CC(C)CN(C(O)(CCNC(=O)CCCC(C)NC(=O)CNC1CC1)Cc1ccccc1)S(=O)(=O)c1ccc2c(c1)OCO2. The molecule has 2 unspecified atom stereocenters. The van der Waals surface area contributed by atoms with Crippen LogP contribution in [0.3, 0.4) is 0 Å². The molecule has 2 amide bonds. The third-order valence-electron chi connectivity index (χ3n) is 7.68. The lowest BCUT2D eigenvalue weighted by Crippen LogP contribution is -2.55. The van der Waals surface area contributed by atoms with Gasteiger partial charge in [0.2, 0.25) is 28.6 Å². The summed E-state index contributed by atoms with van der Waals surface area (Å²) in [7, 11) is -4.19. The summed E-state index contributed by atoms with van der Waals surface area (Å²) in [5.74, 6) is 0.452. The van der Waals surface area contributed by atoms with E-state index >= 15 is 0 Å². The molecule has 1 saturated carbocycles. The monoisotopic (exact) mass is 630 g/mol. The predicted octanol–water partition coefficient (Wildman–Crippen LogP) is 2.93. The Morgan fingerprint density at radius 1 is 1.05 bits per heavy atom. The van der Waals surface area contributed by atoms with Crippen LogP contribution in [0, 0.1) is 5.92 Å². The van der Waals surface area contributed by atoms with E-state index in [1.54, 1.807) is 6.07 Å². The molecule has 1 aliphatic carbocycles. The zero-order chi connectivity index (χ0) is 31.7. The van der Waals surface area contributed by atoms with E-state index in [0.717, 1.165) is 22.7 Å². The van der Waals surface area contributed by atoms with Crippen LogP contribution in [0.5, 0.6) is 11.5 Å². The Bertz CT molecular complexity index is 1370. The van der Waals surface area contributed by atoms with Crippen molar-refractivity contribution in [1.29, 1.82) is 0 Å². The third kappa shape index (κ3) is 9.65. The summed E-state index contributed by atoms with van der Waals surface area (Å²) >= 11 is 0. The van der Waals surface area contributed by atoms with Crippen molar-refractivity contribution in [3.05, 3.63) is 54.1 Å². The highest BCUT2D eigenvalue weighted by atomic mass is 32.2. The normalized spacial score (nSPS) is 16.5. The number of rotatable bonds is 18. The third-order valence-corrected chi connectivity index (χ3v) is 9.60. The quantitative estimate of drug-likeness (QED) is 0.184. The molecule has 2 aromatic rings. The van der Waals surface area contributed by atoms with Crippen LogP contribution in [0.15, 0.2) is 53.4 Å². The average molecular weight is 631 g/mol. The van der Waals surface area contributed by atoms with Crippen molar-refractivity contribution < 1.29 is 32.6 Å². The number of hydrogen-bond acceptors (Lipinski definition) is 8. The van der Waals surface area contributed by atoms with Gasteiger partial charge in [0.25, 0.3) is 0 Å². The van der Waals surface area contributed by atoms with Gasteiger partial charge in [-0.25, -0.2) is 8.42 Å². The summed E-state index contributed by atoms with van der Waals surface area (Å²) in [4.78, 5) is 24.7. The fourth-order valence-electron chi connectivity index (χ4n) is 5.19. The van der Waals surface area contributed by atoms with Gasteiger partial charge in [0.1, 0.15) is 5.72 Å². The molecular weight excluding hydrogens is 584 g/mol. The molecule has 44 heavy (non-hydrogen) atoms. The van der Waals surface area contributed by atoms with Gasteiger partial charge in [-0.2, -0.15) is 4.31 Å². The fraction of sp³-hybridized carbons (Fsp3) is 0.562. The van der Waals surface area contributed by atoms with Gasteiger partial charge in [0, 0.05) is 50.5 Å². The Labute approximate surface area is 260 Å². The first-order chi connectivity index (χ1) is 21.0. The van der Waals surface area contributed by atoms with Gasteiger partial charge in [-0.1, -0.05) is 44.2 Å². The molecule has 0 spiro atoms. The van der Waals surface area contributed by atoms with E-state index < -0.39 is 15.7 Å². The molecule has 2 atom stereocenters. The molecule has 4 N–H and O–H groups in total. The number of carbonyl (C=O) groups is 2. The second-order valence-corrected chi connectivity index (χ2v) is 14.1. The number of nitrogens with zero attached hydrogens (tertiary/aromatic N) is 1. The molecule has 242 valence electrons. The highest BCUT2D eigenvalue weighted by Crippen LogP contribution is 2.37. The summed E-state index contributed by atoms with van der Waals surface area (Å²) in [6.45, 7) is 6.15. The van der Waals surface area contributed by atoms with Crippen molar-refractivity contribution in [3.63, 3.8) is 0 Å². The molecule has 0 radical (unpaired) electrons. The second-order valence-electron chi connectivity index (χ2n) is 12.2. The molecule has 1 fully saturated rings. The molecule has 11 nitrogen and oxygen atoms in total. The maximum Gasteiger partial charge on any atom is 0.245 e. The van der Waals surface area contributed by atoms with Gasteiger partial charge in [-0.05, 0) is 56.2 Å². The molecule has 0 aromatic heterocycles. The zero-order valence-corrected chi connectivity index (χ0v) is 26.7. The Hall–Kier alpha value is -3.19. The van der Waals surface area contributed by atoms with Crippen molar-refractivity contribution in [2.75, 3.05) is 26.4 Å². The Morgan fingerprint density at radius 2 is 1.77 bits per heavy atom. The van der Waals surface area contributed by atoms with Gasteiger partial charge in [0.15, 0.2) is 11.5 Å². The van der Waals surface area contributed by atoms with Crippen molar-refractivity contribution in [2.24, 2.45) is 5.92 Å². The predicted molar refractivity (Wildman–Crippen MR) is 166 cm³/mol. The number of sulfonamides is 1. The maximum absolute atomic E-state index is 14.1. The van der Waals surface area contributed by atoms with E-state index in [-0.39, 0.29) is 67.8 Å². The number of aliphatic hydroxyl groups is 1. The number of benzene rings is 2. The van der Waals surface area contributed by atoms with Crippen LogP contribution < -0.4 is 25.4 Å². The highest BCUT2D eigenvalue weighted by molar-refractivity contribution is 7.89. The minimum Gasteiger partial charge on any atom is -0.454 e. The first-order valence-corrected chi connectivity index (χ1v) is 16.9. The van der Waals surface area contributed by atoms with Crippen LogP contribution in [0.1, 0.15) is 64.9 Å². The van der Waals surface area contributed by atoms with Gasteiger partial charge in [0.05, 0.1) is 11.4 Å². The van der Waals surface area contributed by atoms with Crippen LogP contribution in [-0.4, -0.2) is 73.9 Å². The van der Waals surface area contributed by atoms with Gasteiger partial charge in [-0.15, -0.1) is 0 Å². The number of hydrogen-bond donors (Lipinski definition) is 4. The fourth-order valence-corrected chi connectivity index (χ4v) is 7.04. The standard InChI is InChI=1S/C32H46N4O7S/c1-23(2)21-36(44(40,41)27-14-15-28-29(18-27)43-22-42-28)32(39,19-25-9-5-4-6-10-25)16-17-33-30(37)11-7-8-24(3)35-31(38)20-34-26-12-13-26/h4-6,9-10,14-15,18,23-24,26,34,39H,7-8,11-13,16-17,19-22H2,1-3H3,(H,33,37)(H,35,38). The molecule has 2 aromatic carbocycles. The molecule has 2 aliphatic rings. The molecule has 0 saturated heterocycles. The minimum absolute atomic E-state index is 0.0115. The van der Waals surface area contributed by atoms with Crippen LogP contribution in [-0.2, 0) is 26.0 Å². The smallest absolute Gasteiger partial charge is 0.245 e. The van der Waals surface area contributed by atoms with E-state index in [1.165, 1.54) is 12.1 Å². The van der Waals surface area contributed by atoms with Gasteiger partial charge < -0.3 is 30.5 Å². The van der Waals surface area contributed by atoms with Crippen LogP contribution >= 0.6 is 0 Å². The number of carbonyl (C=O) groups excluding carboxylic acids is 2. The second kappa shape index (κ2) is 15.2. The Kier molecular flexibility index (Phi) is 11.6. The van der Waals surface area contributed by atoms with Crippen molar-refractivity contribution >= 4 is 21.8 Å². The number of ether oxygens (including phenoxy) is 2. The lowest BCUT2D eigenvalue weighted by molar-refractivity contribution is -0.122. The first kappa shape index (κ1) is 33.7. The minimum atomic E-state index is -4.19. The van der Waals surface area contributed by atoms with Crippen molar-refractivity contribution in [1.82, 2.24) is 20.3 Å². The summed E-state index contributed by atoms with van der Waals surface area (Å²) in [5, 5.41) is 21.2. The molecule has 12 heteroatoms. The zero-order valence-electron chi connectivity index (χ0n) is 25.9. The number of amides is 2. The molecule has 1 aliphatic heterocycles. The first-order valence-electron chi connectivity index (χ1n) is 15.4. The molecular formula is C32H46N4O7S. The molecule has 0 bridgehead atoms. The molecule has 4 rings (SSSR count). The topological polar surface area (TPSA) is 146 Å². The Morgan fingerprint density at radius 3 is 2.48 bits per heavy atom. The lowest BCUT2D eigenvalue weighted by Gasteiger charge is -2.40. The van der Waals surface area contributed by atoms with Gasteiger partial charge in [-0.3, -0.25) is 9.59 Å². The lowest BCUT2D eigenvalue weighted by atomic mass is 9.98. The summed E-state index contributed by atoms with van der Waals surface area (Å²) < 4.78 is 40.1. The summed E-state index contributed by atoms with van der Waals surface area (Å²) in [6.07, 6.45) is 3.73. The summed E-state index contributed by atoms with van der Waals surface area (Å²) in [6, 6.07) is 14.0. The maximum atomic E-state index is 14.1. The summed E-state index contributed by atoms with van der Waals surface area (Å²) in [5.41, 5.74) is -1.07. The van der Waals surface area contributed by atoms with Crippen LogP contribution in [0.25, 0.3) is 0 Å². The van der Waals surface area contributed by atoms with Gasteiger partial charge >= 0.3 is 0 Å². The van der Waals surface area contributed by atoms with Crippen molar-refractivity contribution in [2.45, 2.75) is 88.4 Å². The number of fused-ring (bicyclic) bond motifs is 1. The average Bonchev–Trinajstić information content (AvgIpc) is 3.69. The highest BCUT2D eigenvalue weighted by Gasteiger charge is 2.43. The van der Waals surface area contributed by atoms with Crippen LogP contribution in [0.4, 0.5) is 0 Å². The van der Waals surface area contributed by atoms with E-state index in [4.69, 9.17) is 9.47 Å². The van der Waals surface area contributed by atoms with E-state index in [1.807, 2.05) is 51.1 Å². The van der Waals surface area contributed by atoms with E-state index in [0.29, 0.717) is 36.9 Å². The van der Waals surface area contributed by atoms with E-state index in [9.17, 15) is 23.1 Å². The number of nitrogens with one attached hydrogen (secondary N) is 3. The molecule has 1 heterocycles. The van der Waals surface area contributed by atoms with Crippen LogP contribution in [0.2, 0.25) is 0 Å². The largest absolute Gasteiger partial charge is 0.454 e. The van der Waals surface area contributed by atoms with Crippen molar-refractivity contribution in [3.8, 4) is 11.5 Å².